The zero-order valence-corrected chi connectivity index (χ0v) is 12.6. The number of nitrogens with two attached hydrogens (primary N) is 1. The average molecular weight is 315 g/mol. The quantitative estimate of drug-likeness (QED) is 0.787. The third-order valence-corrected chi connectivity index (χ3v) is 4.40. The van der Waals surface area contributed by atoms with Crippen LogP contribution in [0.4, 0.5) is 14.7 Å². The zero-order chi connectivity index (χ0) is 16.1. The maximum absolute atomic E-state index is 14.5. The highest BCUT2D eigenvalue weighted by molar-refractivity contribution is 5.83. The van der Waals surface area contributed by atoms with Gasteiger partial charge in [0, 0.05) is 11.6 Å². The predicted octanol–water partition coefficient (Wildman–Crippen LogP) is 3.39. The second-order valence-corrected chi connectivity index (χ2v) is 5.86. The number of aromatic nitrogens is 4. The van der Waals surface area contributed by atoms with Crippen LogP contribution in [0.3, 0.4) is 0 Å². The molecule has 0 bridgehead atoms. The Morgan fingerprint density at radius 3 is 2.65 bits per heavy atom. The Morgan fingerprint density at radius 2 is 1.96 bits per heavy atom. The zero-order valence-electron chi connectivity index (χ0n) is 12.6. The molecule has 118 valence electrons. The Kier molecular flexibility index (Phi) is 3.04. The van der Waals surface area contributed by atoms with Crippen molar-refractivity contribution in [3.05, 3.63) is 35.8 Å². The summed E-state index contributed by atoms with van der Waals surface area (Å²) < 4.78 is 30.5. The lowest BCUT2D eigenvalue weighted by atomic mass is 9.92. The number of anilines is 1. The summed E-state index contributed by atoms with van der Waals surface area (Å²) in [4.78, 5) is 11.8. The molecule has 0 aliphatic heterocycles. The van der Waals surface area contributed by atoms with Gasteiger partial charge < -0.3 is 10.3 Å². The molecule has 0 amide bonds. The highest BCUT2D eigenvalue weighted by atomic mass is 19.1. The van der Waals surface area contributed by atoms with Crippen LogP contribution in [0.5, 0.6) is 0 Å². The number of imidazole rings is 1. The van der Waals surface area contributed by atoms with Gasteiger partial charge in [-0.15, -0.1) is 0 Å². The first kappa shape index (κ1) is 14.0. The first-order valence-corrected chi connectivity index (χ1v) is 7.51. The summed E-state index contributed by atoms with van der Waals surface area (Å²) in [5.74, 6) is -0.409. The molecule has 1 aliphatic carbocycles. The number of halogens is 2. The summed E-state index contributed by atoms with van der Waals surface area (Å²) in [5.41, 5.74) is 6.83. The number of benzene rings is 1. The maximum atomic E-state index is 14.5. The number of nitrogens with zero attached hydrogens (tertiary/aromatic N) is 4. The van der Waals surface area contributed by atoms with Gasteiger partial charge in [0.1, 0.15) is 17.0 Å². The van der Waals surface area contributed by atoms with E-state index < -0.39 is 11.6 Å². The summed E-state index contributed by atoms with van der Waals surface area (Å²) in [6, 6.07) is 3.29. The van der Waals surface area contributed by atoms with E-state index in [1.807, 2.05) is 11.5 Å². The monoisotopic (exact) mass is 315 g/mol. The van der Waals surface area contributed by atoms with E-state index in [2.05, 4.69) is 15.0 Å². The van der Waals surface area contributed by atoms with Crippen molar-refractivity contribution in [3.8, 4) is 11.3 Å². The summed E-state index contributed by atoms with van der Waals surface area (Å²) in [6.45, 7) is 1.86. The molecular formula is C16H15F2N5. The molecule has 0 spiro atoms. The van der Waals surface area contributed by atoms with Crippen LogP contribution in [0.25, 0.3) is 22.3 Å². The summed E-state index contributed by atoms with van der Waals surface area (Å²) >= 11 is 0. The minimum Gasteiger partial charge on any atom is -0.368 e. The van der Waals surface area contributed by atoms with Crippen LogP contribution in [-0.4, -0.2) is 19.5 Å². The SMILES string of the molecule is Cc1nc2c(F)cc(-c3nc(N)ncc3F)cc2n1C1CCC1. The number of nitrogen functional groups attached to an aromatic ring is 1. The van der Waals surface area contributed by atoms with E-state index in [1.54, 1.807) is 6.07 Å². The minimum atomic E-state index is -0.635. The van der Waals surface area contributed by atoms with Gasteiger partial charge in [0.05, 0.1) is 11.7 Å². The Morgan fingerprint density at radius 1 is 1.17 bits per heavy atom. The van der Waals surface area contributed by atoms with E-state index in [0.717, 1.165) is 31.3 Å². The Bertz CT molecular complexity index is 914. The van der Waals surface area contributed by atoms with Crippen LogP contribution >= 0.6 is 0 Å². The lowest BCUT2D eigenvalue weighted by Crippen LogP contribution is -2.18. The van der Waals surface area contributed by atoms with Crippen LogP contribution in [0, 0.1) is 18.6 Å². The van der Waals surface area contributed by atoms with Crippen LogP contribution in [0.15, 0.2) is 18.3 Å². The summed E-state index contributed by atoms with van der Waals surface area (Å²) in [7, 11) is 0. The van der Waals surface area contributed by atoms with Crippen molar-refractivity contribution in [2.45, 2.75) is 32.2 Å². The van der Waals surface area contributed by atoms with E-state index in [4.69, 9.17) is 5.73 Å². The molecule has 1 aliphatic rings. The van der Waals surface area contributed by atoms with E-state index in [9.17, 15) is 8.78 Å². The average Bonchev–Trinajstić information content (AvgIpc) is 2.78. The van der Waals surface area contributed by atoms with Gasteiger partial charge in [-0.05, 0) is 38.3 Å². The van der Waals surface area contributed by atoms with Crippen molar-refractivity contribution in [2.24, 2.45) is 0 Å². The van der Waals surface area contributed by atoms with Gasteiger partial charge in [-0.25, -0.2) is 23.7 Å². The fraction of sp³-hybridized carbons (Fsp3) is 0.312. The van der Waals surface area contributed by atoms with E-state index in [0.29, 0.717) is 22.6 Å². The highest BCUT2D eigenvalue weighted by Crippen LogP contribution is 2.37. The predicted molar refractivity (Wildman–Crippen MR) is 82.7 cm³/mol. The maximum Gasteiger partial charge on any atom is 0.220 e. The van der Waals surface area contributed by atoms with Gasteiger partial charge in [-0.1, -0.05) is 0 Å². The molecule has 1 saturated carbocycles. The smallest absolute Gasteiger partial charge is 0.220 e. The van der Waals surface area contributed by atoms with Crippen molar-refractivity contribution >= 4 is 17.0 Å². The van der Waals surface area contributed by atoms with Crippen molar-refractivity contribution in [1.82, 2.24) is 19.5 Å². The van der Waals surface area contributed by atoms with Gasteiger partial charge in [-0.3, -0.25) is 0 Å². The van der Waals surface area contributed by atoms with Crippen LogP contribution in [0.2, 0.25) is 0 Å². The number of fused-ring (bicyclic) bond motifs is 1. The fourth-order valence-corrected chi connectivity index (χ4v) is 3.09. The van der Waals surface area contributed by atoms with Gasteiger partial charge >= 0.3 is 0 Å². The standard InChI is InChI=1S/C16H15F2N5/c1-8-21-15-11(17)5-9(14-12(18)7-20-16(19)22-14)6-13(15)23(8)10-3-2-4-10/h5-7,10H,2-4H2,1H3,(H2,19,20,22). The largest absolute Gasteiger partial charge is 0.368 e. The summed E-state index contributed by atoms with van der Waals surface area (Å²) in [6.07, 6.45) is 4.25. The molecule has 4 rings (SSSR count). The third kappa shape index (κ3) is 2.15. The van der Waals surface area contributed by atoms with Crippen LogP contribution < -0.4 is 5.73 Å². The van der Waals surface area contributed by atoms with Gasteiger partial charge in [0.25, 0.3) is 0 Å². The number of aryl methyl sites for hydroxylation is 1. The molecule has 0 radical (unpaired) electrons. The topological polar surface area (TPSA) is 69.6 Å². The lowest BCUT2D eigenvalue weighted by Gasteiger charge is -2.28. The fourth-order valence-electron chi connectivity index (χ4n) is 3.09. The molecule has 2 heterocycles. The highest BCUT2D eigenvalue weighted by Gasteiger charge is 2.25. The third-order valence-electron chi connectivity index (χ3n) is 4.40. The molecule has 2 N–H and O–H groups in total. The van der Waals surface area contributed by atoms with Gasteiger partial charge in [-0.2, -0.15) is 0 Å². The number of hydrogen-bond acceptors (Lipinski definition) is 4. The molecule has 0 saturated heterocycles. The molecular weight excluding hydrogens is 300 g/mol. The van der Waals surface area contributed by atoms with Crippen molar-refractivity contribution in [3.63, 3.8) is 0 Å². The van der Waals surface area contributed by atoms with Gasteiger partial charge in [0.2, 0.25) is 5.95 Å². The molecule has 3 aromatic rings. The first-order valence-electron chi connectivity index (χ1n) is 7.51. The summed E-state index contributed by atoms with van der Waals surface area (Å²) in [5, 5.41) is 0. The minimum absolute atomic E-state index is 0.00249. The van der Waals surface area contributed by atoms with Gasteiger partial charge in [0.15, 0.2) is 11.6 Å². The molecule has 1 aromatic carbocycles. The molecule has 0 unspecified atom stereocenters. The van der Waals surface area contributed by atoms with Crippen LogP contribution in [0.1, 0.15) is 31.1 Å². The molecule has 23 heavy (non-hydrogen) atoms. The van der Waals surface area contributed by atoms with Crippen molar-refractivity contribution < 1.29 is 8.78 Å². The second kappa shape index (κ2) is 4.97. The molecule has 2 aromatic heterocycles. The van der Waals surface area contributed by atoms with E-state index >= 15 is 0 Å². The normalized spacial score (nSPS) is 15.1. The first-order chi connectivity index (χ1) is 11.0. The Balaban J connectivity index is 1.97. The molecule has 5 nitrogen and oxygen atoms in total. The van der Waals surface area contributed by atoms with Crippen molar-refractivity contribution in [1.29, 1.82) is 0 Å². The Labute approximate surface area is 131 Å². The molecule has 0 atom stereocenters. The number of hydrogen-bond donors (Lipinski definition) is 1. The van der Waals surface area contributed by atoms with E-state index in [1.165, 1.54) is 6.07 Å². The molecule has 7 heteroatoms. The number of rotatable bonds is 2. The van der Waals surface area contributed by atoms with Crippen LogP contribution in [-0.2, 0) is 0 Å². The Hall–Kier alpha value is -2.57. The molecule has 1 fully saturated rings. The lowest BCUT2D eigenvalue weighted by molar-refractivity contribution is 0.316. The van der Waals surface area contributed by atoms with E-state index in [-0.39, 0.29) is 11.6 Å². The second-order valence-electron chi connectivity index (χ2n) is 5.86. The van der Waals surface area contributed by atoms with Crippen molar-refractivity contribution in [2.75, 3.05) is 5.73 Å².